The van der Waals surface area contributed by atoms with E-state index in [1.807, 2.05) is 0 Å². The molecule has 10 heteroatoms. The summed E-state index contributed by atoms with van der Waals surface area (Å²) < 4.78 is 50.6. The molecular weight excluding hydrogens is 439 g/mol. The van der Waals surface area contributed by atoms with Crippen molar-refractivity contribution in [1.82, 2.24) is 9.58 Å². The number of carbonyl (C=O) groups is 1. The van der Waals surface area contributed by atoms with Crippen LogP contribution < -0.4 is 15.2 Å². The molecule has 5 rings (SSSR count). The second-order valence-corrected chi connectivity index (χ2v) is 7.86. The van der Waals surface area contributed by atoms with E-state index in [1.54, 1.807) is 11.1 Å². The van der Waals surface area contributed by atoms with Crippen LogP contribution in [0.4, 0.5) is 13.2 Å². The summed E-state index contributed by atoms with van der Waals surface area (Å²) in [6.45, 7) is 0.0440. The minimum atomic E-state index is -1.15. The van der Waals surface area contributed by atoms with Crippen molar-refractivity contribution in [2.45, 2.75) is 18.6 Å². The lowest BCUT2D eigenvalue weighted by Gasteiger charge is -2.49. The summed E-state index contributed by atoms with van der Waals surface area (Å²) in [7, 11) is 1.48. The molecule has 2 atom stereocenters. The predicted molar refractivity (Wildman–Crippen MR) is 111 cm³/mol. The first-order chi connectivity index (χ1) is 15.8. The Balaban J connectivity index is 1.87. The maximum atomic E-state index is 15.1. The SMILES string of the molecule is CN1C(=O)c2c(O)c(=O)ccn2N2[C@H](c3ccccc3F)c3cc(F)c(F)cc3OCC[C@@H]12. The normalized spacial score (nSPS) is 19.7. The Morgan fingerprint density at radius 1 is 1.00 bits per heavy atom. The Morgan fingerprint density at radius 3 is 2.48 bits per heavy atom. The van der Waals surface area contributed by atoms with Crippen molar-refractivity contribution in [1.29, 1.82) is 0 Å². The fourth-order valence-electron chi connectivity index (χ4n) is 4.46. The number of hydrogen-bond donors (Lipinski definition) is 1. The van der Waals surface area contributed by atoms with Gasteiger partial charge in [0.25, 0.3) is 5.91 Å². The fraction of sp³-hybridized carbons (Fsp3) is 0.217. The van der Waals surface area contributed by atoms with E-state index < -0.39 is 46.7 Å². The van der Waals surface area contributed by atoms with E-state index in [0.29, 0.717) is 0 Å². The third-order valence-electron chi connectivity index (χ3n) is 6.02. The van der Waals surface area contributed by atoms with Crippen LogP contribution in [0.2, 0.25) is 0 Å². The molecule has 1 aromatic heterocycles. The van der Waals surface area contributed by atoms with Crippen LogP contribution in [0.3, 0.4) is 0 Å². The van der Waals surface area contributed by atoms with Gasteiger partial charge in [0, 0.05) is 42.9 Å². The molecule has 3 heterocycles. The third kappa shape index (κ3) is 3.12. The third-order valence-corrected chi connectivity index (χ3v) is 6.02. The minimum absolute atomic E-state index is 0.0203. The van der Waals surface area contributed by atoms with E-state index in [-0.39, 0.29) is 35.6 Å². The van der Waals surface area contributed by atoms with Gasteiger partial charge in [-0.1, -0.05) is 18.2 Å². The van der Waals surface area contributed by atoms with E-state index >= 15 is 4.39 Å². The monoisotopic (exact) mass is 457 g/mol. The van der Waals surface area contributed by atoms with Crippen LogP contribution >= 0.6 is 0 Å². The van der Waals surface area contributed by atoms with Crippen molar-refractivity contribution < 1.29 is 27.8 Å². The number of amides is 1. The predicted octanol–water partition coefficient (Wildman–Crippen LogP) is 2.89. The van der Waals surface area contributed by atoms with Gasteiger partial charge in [0.2, 0.25) is 5.43 Å². The number of benzene rings is 2. The molecule has 0 saturated heterocycles. The van der Waals surface area contributed by atoms with Crippen LogP contribution in [0.1, 0.15) is 34.1 Å². The second kappa shape index (κ2) is 7.58. The molecule has 2 aliphatic heterocycles. The number of aromatic hydroxyl groups is 1. The van der Waals surface area contributed by atoms with Crippen molar-refractivity contribution in [3.8, 4) is 11.5 Å². The van der Waals surface area contributed by atoms with E-state index in [0.717, 1.165) is 18.2 Å². The number of hydrogen-bond acceptors (Lipinski definition) is 5. The smallest absolute Gasteiger partial charge is 0.277 e. The number of ether oxygens (including phenoxy) is 1. The van der Waals surface area contributed by atoms with Gasteiger partial charge >= 0.3 is 0 Å². The van der Waals surface area contributed by atoms with Gasteiger partial charge in [0.05, 0.1) is 6.61 Å². The van der Waals surface area contributed by atoms with Crippen LogP contribution in [0.25, 0.3) is 0 Å². The summed E-state index contributed by atoms with van der Waals surface area (Å²) in [5, 5.41) is 12.0. The molecule has 0 spiro atoms. The zero-order chi connectivity index (χ0) is 23.4. The van der Waals surface area contributed by atoms with Crippen LogP contribution in [-0.2, 0) is 0 Å². The molecule has 0 unspecified atom stereocenters. The molecule has 7 nitrogen and oxygen atoms in total. The maximum absolute atomic E-state index is 15.1. The molecule has 2 aromatic carbocycles. The molecule has 0 saturated carbocycles. The highest BCUT2D eigenvalue weighted by atomic mass is 19.2. The van der Waals surface area contributed by atoms with E-state index in [1.165, 1.54) is 41.0 Å². The average Bonchev–Trinajstić information content (AvgIpc) is 2.78. The Labute approximate surface area is 185 Å². The Morgan fingerprint density at radius 2 is 1.73 bits per heavy atom. The number of carbonyl (C=O) groups excluding carboxylic acids is 1. The van der Waals surface area contributed by atoms with Gasteiger partial charge in [-0.15, -0.1) is 0 Å². The van der Waals surface area contributed by atoms with Gasteiger partial charge in [0.1, 0.15) is 23.8 Å². The Bertz CT molecular complexity index is 1340. The van der Waals surface area contributed by atoms with E-state index in [4.69, 9.17) is 4.74 Å². The highest BCUT2D eigenvalue weighted by Crippen LogP contribution is 2.41. The van der Waals surface area contributed by atoms with Gasteiger partial charge in [-0.2, -0.15) is 0 Å². The van der Waals surface area contributed by atoms with Gasteiger partial charge in [0.15, 0.2) is 23.1 Å². The van der Waals surface area contributed by atoms with Crippen LogP contribution in [0, 0.1) is 17.5 Å². The summed E-state index contributed by atoms with van der Waals surface area (Å²) in [5.41, 5.74) is -0.844. The molecular formula is C23H18F3N3O4. The van der Waals surface area contributed by atoms with Crippen molar-refractivity contribution in [2.24, 2.45) is 0 Å². The topological polar surface area (TPSA) is 75.0 Å². The van der Waals surface area contributed by atoms with Gasteiger partial charge in [-0.05, 0) is 12.1 Å². The molecule has 3 aromatic rings. The first kappa shape index (κ1) is 20.9. The van der Waals surface area contributed by atoms with Crippen LogP contribution in [-0.4, -0.2) is 40.4 Å². The van der Waals surface area contributed by atoms with Crippen molar-refractivity contribution in [3.63, 3.8) is 0 Å². The molecule has 0 bridgehead atoms. The van der Waals surface area contributed by atoms with Crippen molar-refractivity contribution in [3.05, 3.63) is 93.2 Å². The highest BCUT2D eigenvalue weighted by Gasteiger charge is 2.44. The lowest BCUT2D eigenvalue weighted by atomic mass is 9.94. The summed E-state index contributed by atoms with van der Waals surface area (Å²) >= 11 is 0. The summed E-state index contributed by atoms with van der Waals surface area (Å²) in [6.07, 6.45) is 0.793. The largest absolute Gasteiger partial charge is 0.502 e. The number of rotatable bonds is 1. The number of halogens is 3. The molecule has 33 heavy (non-hydrogen) atoms. The first-order valence-electron chi connectivity index (χ1n) is 10.2. The molecule has 170 valence electrons. The lowest BCUT2D eigenvalue weighted by Crippen LogP contribution is -2.62. The summed E-state index contributed by atoms with van der Waals surface area (Å²) in [4.78, 5) is 26.4. The maximum Gasteiger partial charge on any atom is 0.277 e. The van der Waals surface area contributed by atoms with E-state index in [2.05, 4.69) is 0 Å². The molecule has 1 amide bonds. The number of nitrogens with zero attached hydrogens (tertiary/aromatic N) is 3. The standard InChI is InChI=1S/C23H18F3N3O4/c1-27-19-7-9-33-18-11-16(26)15(25)10-13(18)20(12-4-2-3-5-14(12)24)29(19)28-8-6-17(30)22(31)21(28)23(27)32/h2-6,8,10-11,19-20,31H,7,9H2,1H3/t19-,20+/m0/s1. The number of fused-ring (bicyclic) bond motifs is 4. The molecule has 1 N–H and O–H groups in total. The zero-order valence-corrected chi connectivity index (χ0v) is 17.3. The highest BCUT2D eigenvalue weighted by molar-refractivity contribution is 5.96. The molecule has 0 aliphatic carbocycles. The summed E-state index contributed by atoms with van der Waals surface area (Å²) in [5.74, 6) is -4.25. The molecule has 0 radical (unpaired) electrons. The number of aromatic nitrogens is 1. The fourth-order valence-corrected chi connectivity index (χ4v) is 4.46. The lowest BCUT2D eigenvalue weighted by molar-refractivity contribution is 0.0572. The van der Waals surface area contributed by atoms with Crippen LogP contribution in [0.15, 0.2) is 53.5 Å². The first-order valence-corrected chi connectivity index (χ1v) is 10.2. The Kier molecular flexibility index (Phi) is 4.80. The molecule has 0 fully saturated rings. The minimum Gasteiger partial charge on any atom is -0.502 e. The van der Waals surface area contributed by atoms with Crippen molar-refractivity contribution >= 4 is 5.91 Å². The quantitative estimate of drug-likeness (QED) is 0.609. The van der Waals surface area contributed by atoms with Gasteiger partial charge < -0.3 is 14.7 Å². The van der Waals surface area contributed by atoms with Crippen LogP contribution in [0.5, 0.6) is 11.5 Å². The van der Waals surface area contributed by atoms with Gasteiger partial charge in [-0.25, -0.2) is 13.2 Å². The average molecular weight is 457 g/mol. The number of pyridine rings is 1. The van der Waals surface area contributed by atoms with Crippen molar-refractivity contribution in [2.75, 3.05) is 18.7 Å². The Hall–Kier alpha value is -3.95. The van der Waals surface area contributed by atoms with Gasteiger partial charge in [-0.3, -0.25) is 19.3 Å². The molecule has 2 aliphatic rings. The second-order valence-electron chi connectivity index (χ2n) is 7.86. The summed E-state index contributed by atoms with van der Waals surface area (Å²) in [6, 6.07) is 7.62. The van der Waals surface area contributed by atoms with E-state index in [9.17, 15) is 23.5 Å². The zero-order valence-electron chi connectivity index (χ0n) is 17.3.